The molecule has 0 unspecified atom stereocenters. The Morgan fingerprint density at radius 2 is 2.13 bits per heavy atom. The number of rotatable bonds is 5. The molecule has 8 heteroatoms. The minimum absolute atomic E-state index is 0.128. The van der Waals surface area contributed by atoms with Crippen LogP contribution >= 0.6 is 11.6 Å². The van der Waals surface area contributed by atoms with E-state index in [0.29, 0.717) is 29.5 Å². The van der Waals surface area contributed by atoms with Crippen LogP contribution in [0.15, 0.2) is 12.4 Å². The van der Waals surface area contributed by atoms with Crippen LogP contribution in [0.1, 0.15) is 44.5 Å². The SMILES string of the molecule is CCCCc1nc(-c2nccn2C2CCS(=O)(=O)CC2)c(Cl)[nH]1. The summed E-state index contributed by atoms with van der Waals surface area (Å²) < 4.78 is 25.2. The monoisotopic (exact) mass is 356 g/mol. The van der Waals surface area contributed by atoms with Crippen molar-refractivity contribution >= 4 is 21.4 Å². The van der Waals surface area contributed by atoms with E-state index in [4.69, 9.17) is 11.6 Å². The van der Waals surface area contributed by atoms with Crippen LogP contribution in [0.3, 0.4) is 0 Å². The van der Waals surface area contributed by atoms with E-state index < -0.39 is 9.84 Å². The molecular weight excluding hydrogens is 336 g/mol. The van der Waals surface area contributed by atoms with Crippen molar-refractivity contribution in [3.63, 3.8) is 0 Å². The van der Waals surface area contributed by atoms with Crippen molar-refractivity contribution in [1.82, 2.24) is 19.5 Å². The highest BCUT2D eigenvalue weighted by atomic mass is 35.5. The summed E-state index contributed by atoms with van der Waals surface area (Å²) in [6.45, 7) is 2.13. The van der Waals surface area contributed by atoms with Gasteiger partial charge in [0, 0.05) is 24.9 Å². The van der Waals surface area contributed by atoms with Crippen LogP contribution in [0.25, 0.3) is 11.5 Å². The topological polar surface area (TPSA) is 80.6 Å². The molecule has 3 heterocycles. The van der Waals surface area contributed by atoms with Crippen LogP contribution in [-0.2, 0) is 16.3 Å². The van der Waals surface area contributed by atoms with Crippen molar-refractivity contribution in [2.45, 2.75) is 45.1 Å². The molecule has 0 radical (unpaired) electrons. The number of aromatic nitrogens is 4. The average Bonchev–Trinajstić information content (AvgIpc) is 3.11. The lowest BCUT2D eigenvalue weighted by molar-refractivity contribution is 0.453. The summed E-state index contributed by atoms with van der Waals surface area (Å²) in [6.07, 6.45) is 7.83. The number of aryl methyl sites for hydroxylation is 1. The maximum absolute atomic E-state index is 11.6. The van der Waals surface area contributed by atoms with Crippen molar-refractivity contribution in [3.05, 3.63) is 23.4 Å². The van der Waals surface area contributed by atoms with Gasteiger partial charge in [-0.05, 0) is 19.3 Å². The molecule has 23 heavy (non-hydrogen) atoms. The summed E-state index contributed by atoms with van der Waals surface area (Å²) in [6, 6.07) is 0.128. The molecule has 6 nitrogen and oxygen atoms in total. The zero-order chi connectivity index (χ0) is 16.4. The fourth-order valence-corrected chi connectivity index (χ4v) is 4.66. The number of imidazole rings is 2. The third-order valence-electron chi connectivity index (χ3n) is 4.27. The molecule has 0 aliphatic carbocycles. The third-order valence-corrected chi connectivity index (χ3v) is 6.26. The molecule has 0 bridgehead atoms. The van der Waals surface area contributed by atoms with Gasteiger partial charge in [0.25, 0.3) is 0 Å². The second-order valence-electron chi connectivity index (χ2n) is 5.99. The summed E-state index contributed by atoms with van der Waals surface area (Å²) in [5.41, 5.74) is 0.649. The Bertz CT molecular complexity index is 767. The van der Waals surface area contributed by atoms with Gasteiger partial charge >= 0.3 is 0 Å². The lowest BCUT2D eigenvalue weighted by atomic mass is 10.1. The molecule has 0 spiro atoms. The first-order valence-electron chi connectivity index (χ1n) is 7.98. The minimum atomic E-state index is -2.88. The maximum atomic E-state index is 11.6. The number of nitrogens with zero attached hydrogens (tertiary/aromatic N) is 3. The molecule has 0 saturated carbocycles. The highest BCUT2D eigenvalue weighted by molar-refractivity contribution is 7.91. The molecule has 3 rings (SSSR count). The molecule has 1 aliphatic rings. The minimum Gasteiger partial charge on any atom is -0.332 e. The number of aromatic amines is 1. The van der Waals surface area contributed by atoms with E-state index in [0.717, 1.165) is 25.1 Å². The Kier molecular flexibility index (Phi) is 4.77. The molecule has 1 saturated heterocycles. The van der Waals surface area contributed by atoms with Crippen LogP contribution in [0.4, 0.5) is 0 Å². The predicted octanol–water partition coefficient (Wildman–Crippen LogP) is 3.02. The van der Waals surface area contributed by atoms with Gasteiger partial charge in [-0.2, -0.15) is 0 Å². The fraction of sp³-hybridized carbons (Fsp3) is 0.600. The highest BCUT2D eigenvalue weighted by Gasteiger charge is 2.27. The number of H-pyrrole nitrogens is 1. The van der Waals surface area contributed by atoms with Gasteiger partial charge in [-0.25, -0.2) is 18.4 Å². The van der Waals surface area contributed by atoms with Gasteiger partial charge in [0.2, 0.25) is 0 Å². The van der Waals surface area contributed by atoms with Crippen LogP contribution in [0.5, 0.6) is 0 Å². The van der Waals surface area contributed by atoms with E-state index in [9.17, 15) is 8.42 Å². The number of sulfone groups is 1. The molecule has 1 aliphatic heterocycles. The van der Waals surface area contributed by atoms with Gasteiger partial charge in [-0.15, -0.1) is 0 Å². The standard InChI is InChI=1S/C15H21ClN4O2S/c1-2-3-4-12-18-13(14(16)19-12)15-17-7-8-20(15)11-5-9-23(21,22)10-6-11/h7-8,11H,2-6,9-10H2,1H3,(H,18,19). The van der Waals surface area contributed by atoms with Gasteiger partial charge in [-0.3, -0.25) is 0 Å². The second-order valence-corrected chi connectivity index (χ2v) is 8.67. The second kappa shape index (κ2) is 6.65. The van der Waals surface area contributed by atoms with E-state index in [1.54, 1.807) is 6.20 Å². The molecule has 126 valence electrons. The summed E-state index contributed by atoms with van der Waals surface area (Å²) in [7, 11) is -2.88. The van der Waals surface area contributed by atoms with Gasteiger partial charge in [0.05, 0.1) is 11.5 Å². The molecular formula is C15H21ClN4O2S. The molecule has 1 fully saturated rings. The summed E-state index contributed by atoms with van der Waals surface area (Å²) in [4.78, 5) is 12.1. The first-order chi connectivity index (χ1) is 11.0. The van der Waals surface area contributed by atoms with E-state index in [1.165, 1.54) is 0 Å². The number of hydrogen-bond acceptors (Lipinski definition) is 4. The first-order valence-corrected chi connectivity index (χ1v) is 10.2. The Balaban J connectivity index is 1.85. The zero-order valence-electron chi connectivity index (χ0n) is 13.1. The van der Waals surface area contributed by atoms with Gasteiger partial charge < -0.3 is 9.55 Å². The maximum Gasteiger partial charge on any atom is 0.162 e. The number of nitrogens with one attached hydrogen (secondary N) is 1. The molecule has 2 aromatic rings. The van der Waals surface area contributed by atoms with E-state index >= 15 is 0 Å². The summed E-state index contributed by atoms with van der Waals surface area (Å²) in [5, 5.41) is 0.493. The highest BCUT2D eigenvalue weighted by Crippen LogP contribution is 2.31. The van der Waals surface area contributed by atoms with Crippen molar-refractivity contribution in [2.75, 3.05) is 11.5 Å². The molecule has 0 aromatic carbocycles. The van der Waals surface area contributed by atoms with E-state index in [2.05, 4.69) is 21.9 Å². The largest absolute Gasteiger partial charge is 0.332 e. The quantitative estimate of drug-likeness (QED) is 0.892. The number of unbranched alkanes of at least 4 members (excludes halogenated alkanes) is 1. The lowest BCUT2D eigenvalue weighted by Crippen LogP contribution is -2.25. The summed E-state index contributed by atoms with van der Waals surface area (Å²) >= 11 is 6.30. The number of hydrogen-bond donors (Lipinski definition) is 1. The van der Waals surface area contributed by atoms with Crippen molar-refractivity contribution in [2.24, 2.45) is 0 Å². The van der Waals surface area contributed by atoms with Gasteiger partial charge in [0.1, 0.15) is 26.5 Å². The van der Waals surface area contributed by atoms with Crippen LogP contribution in [0.2, 0.25) is 5.15 Å². The smallest absolute Gasteiger partial charge is 0.162 e. The lowest BCUT2D eigenvalue weighted by Gasteiger charge is -2.24. The Morgan fingerprint density at radius 1 is 1.39 bits per heavy atom. The van der Waals surface area contributed by atoms with E-state index in [1.807, 2.05) is 10.8 Å². The zero-order valence-corrected chi connectivity index (χ0v) is 14.7. The normalized spacial score (nSPS) is 18.3. The van der Waals surface area contributed by atoms with Crippen LogP contribution in [-0.4, -0.2) is 39.4 Å². The fourth-order valence-electron chi connectivity index (χ4n) is 2.96. The Hall–Kier alpha value is -1.34. The Morgan fingerprint density at radius 3 is 2.83 bits per heavy atom. The number of halogens is 1. The molecule has 1 N–H and O–H groups in total. The van der Waals surface area contributed by atoms with Crippen LogP contribution < -0.4 is 0 Å². The summed E-state index contributed by atoms with van der Waals surface area (Å²) in [5.74, 6) is 2.03. The van der Waals surface area contributed by atoms with Crippen molar-refractivity contribution in [1.29, 1.82) is 0 Å². The first kappa shape index (κ1) is 16.5. The van der Waals surface area contributed by atoms with Crippen molar-refractivity contribution in [3.8, 4) is 11.5 Å². The average molecular weight is 357 g/mol. The van der Waals surface area contributed by atoms with Crippen LogP contribution in [0, 0.1) is 0 Å². The molecule has 2 aromatic heterocycles. The third kappa shape index (κ3) is 3.61. The van der Waals surface area contributed by atoms with Gasteiger partial charge in [-0.1, -0.05) is 24.9 Å². The van der Waals surface area contributed by atoms with E-state index in [-0.39, 0.29) is 17.5 Å². The van der Waals surface area contributed by atoms with Gasteiger partial charge in [0.15, 0.2) is 5.82 Å². The Labute approximate surface area is 141 Å². The predicted molar refractivity (Wildman–Crippen MR) is 90.4 cm³/mol. The molecule has 0 atom stereocenters. The van der Waals surface area contributed by atoms with Crippen molar-refractivity contribution < 1.29 is 8.42 Å². The molecule has 0 amide bonds.